The van der Waals surface area contributed by atoms with E-state index in [1.807, 2.05) is 37.3 Å². The largest absolute Gasteiger partial charge is 0.387 e. The van der Waals surface area contributed by atoms with Gasteiger partial charge in [-0.15, -0.1) is 0 Å². The summed E-state index contributed by atoms with van der Waals surface area (Å²) in [5, 5.41) is 10.3. The zero-order chi connectivity index (χ0) is 14.7. The van der Waals surface area contributed by atoms with Crippen LogP contribution in [0.25, 0.3) is 0 Å². The number of hydrogen-bond acceptors (Lipinski definition) is 3. The molecular weight excluding hydrogens is 252 g/mol. The molecule has 0 aliphatic heterocycles. The summed E-state index contributed by atoms with van der Waals surface area (Å²) in [4.78, 5) is 15.8. The molecule has 106 valence electrons. The Morgan fingerprint density at radius 2 is 1.90 bits per heavy atom. The van der Waals surface area contributed by atoms with Gasteiger partial charge in [-0.1, -0.05) is 31.2 Å². The van der Waals surface area contributed by atoms with E-state index in [0.29, 0.717) is 5.69 Å². The molecule has 1 aromatic carbocycles. The van der Waals surface area contributed by atoms with Crippen molar-refractivity contribution in [1.29, 1.82) is 0 Å². The van der Waals surface area contributed by atoms with E-state index < -0.39 is 6.10 Å². The fourth-order valence-electron chi connectivity index (χ4n) is 2.25. The van der Waals surface area contributed by atoms with Crippen molar-refractivity contribution in [3.8, 4) is 0 Å². The van der Waals surface area contributed by atoms with Gasteiger partial charge in [-0.3, -0.25) is 4.57 Å². The van der Waals surface area contributed by atoms with Crippen molar-refractivity contribution in [2.24, 2.45) is 0 Å². The highest BCUT2D eigenvalue weighted by Gasteiger charge is 2.11. The van der Waals surface area contributed by atoms with Gasteiger partial charge in [0.05, 0.1) is 12.6 Å². The van der Waals surface area contributed by atoms with Crippen LogP contribution in [0.4, 0.5) is 0 Å². The van der Waals surface area contributed by atoms with Crippen molar-refractivity contribution in [1.82, 2.24) is 9.55 Å². The summed E-state index contributed by atoms with van der Waals surface area (Å²) in [6.45, 7) is 5.96. The second-order valence-corrected chi connectivity index (χ2v) is 5.04. The summed E-state index contributed by atoms with van der Waals surface area (Å²) >= 11 is 0. The monoisotopic (exact) mass is 272 g/mol. The number of benzene rings is 1. The van der Waals surface area contributed by atoms with Crippen LogP contribution in [-0.4, -0.2) is 14.7 Å². The van der Waals surface area contributed by atoms with Gasteiger partial charge < -0.3 is 5.11 Å². The molecule has 0 aliphatic rings. The molecule has 0 radical (unpaired) electrons. The first kappa shape index (κ1) is 14.5. The second-order valence-electron chi connectivity index (χ2n) is 5.04. The first-order valence-corrected chi connectivity index (χ1v) is 6.83. The van der Waals surface area contributed by atoms with Gasteiger partial charge >= 0.3 is 5.69 Å². The Labute approximate surface area is 118 Å². The van der Waals surface area contributed by atoms with E-state index in [9.17, 15) is 9.90 Å². The van der Waals surface area contributed by atoms with E-state index in [0.717, 1.165) is 17.7 Å². The van der Waals surface area contributed by atoms with Gasteiger partial charge in [-0.2, -0.15) is 4.98 Å². The van der Waals surface area contributed by atoms with Gasteiger partial charge in [-0.05, 0) is 37.5 Å². The Hall–Kier alpha value is -1.94. The van der Waals surface area contributed by atoms with Crippen molar-refractivity contribution >= 4 is 0 Å². The van der Waals surface area contributed by atoms with Gasteiger partial charge in [-0.25, -0.2) is 4.79 Å². The van der Waals surface area contributed by atoms with Gasteiger partial charge in [0.15, 0.2) is 0 Å². The topological polar surface area (TPSA) is 55.1 Å². The van der Waals surface area contributed by atoms with Crippen molar-refractivity contribution in [2.45, 2.75) is 39.8 Å². The average Bonchev–Trinajstić information content (AvgIpc) is 2.42. The fraction of sp³-hybridized carbons (Fsp3) is 0.375. The third-order valence-electron chi connectivity index (χ3n) is 3.47. The second kappa shape index (κ2) is 6.01. The molecule has 0 bridgehead atoms. The molecule has 2 aromatic rings. The van der Waals surface area contributed by atoms with Crippen LogP contribution in [0.15, 0.2) is 35.1 Å². The van der Waals surface area contributed by atoms with Gasteiger partial charge in [0, 0.05) is 11.4 Å². The highest BCUT2D eigenvalue weighted by molar-refractivity contribution is 5.24. The predicted octanol–water partition coefficient (Wildman–Crippen LogP) is 2.16. The third kappa shape index (κ3) is 3.14. The Bertz CT molecular complexity index is 645. The van der Waals surface area contributed by atoms with Gasteiger partial charge in [0.2, 0.25) is 0 Å². The van der Waals surface area contributed by atoms with Crippen LogP contribution in [-0.2, 0) is 13.0 Å². The van der Waals surface area contributed by atoms with Crippen molar-refractivity contribution in [3.05, 3.63) is 63.3 Å². The van der Waals surface area contributed by atoms with Crippen molar-refractivity contribution < 1.29 is 5.11 Å². The fourth-order valence-corrected chi connectivity index (χ4v) is 2.25. The minimum absolute atomic E-state index is 0.226. The first-order valence-electron chi connectivity index (χ1n) is 6.83. The van der Waals surface area contributed by atoms with Gasteiger partial charge in [0.25, 0.3) is 0 Å². The van der Waals surface area contributed by atoms with Crippen LogP contribution in [0.1, 0.15) is 35.5 Å². The molecule has 0 fully saturated rings. The molecule has 4 nitrogen and oxygen atoms in total. The minimum Gasteiger partial charge on any atom is -0.387 e. The summed E-state index contributed by atoms with van der Waals surface area (Å²) in [6.07, 6.45) is 0.262. The predicted molar refractivity (Wildman–Crippen MR) is 78.8 cm³/mol. The molecule has 1 atom stereocenters. The van der Waals surface area contributed by atoms with Crippen LogP contribution in [0.3, 0.4) is 0 Å². The summed E-state index contributed by atoms with van der Waals surface area (Å²) < 4.78 is 1.51. The lowest BCUT2D eigenvalue weighted by Gasteiger charge is -2.15. The summed E-state index contributed by atoms with van der Waals surface area (Å²) in [5.74, 6) is 0. The average molecular weight is 272 g/mol. The molecule has 0 saturated heterocycles. The SMILES string of the molecule is CCc1ccc(C(O)Cn2c(C)cc(C)nc2=O)cc1. The van der Waals surface area contributed by atoms with E-state index >= 15 is 0 Å². The smallest absolute Gasteiger partial charge is 0.348 e. The normalized spacial score (nSPS) is 12.4. The summed E-state index contributed by atoms with van der Waals surface area (Å²) in [7, 11) is 0. The summed E-state index contributed by atoms with van der Waals surface area (Å²) in [6, 6.07) is 9.66. The number of aromatic nitrogens is 2. The van der Waals surface area contributed by atoms with Crippen LogP contribution in [0, 0.1) is 13.8 Å². The minimum atomic E-state index is -0.707. The number of aryl methyl sites for hydroxylation is 3. The van der Waals surface area contributed by atoms with Crippen LogP contribution < -0.4 is 5.69 Å². The van der Waals surface area contributed by atoms with E-state index in [4.69, 9.17) is 0 Å². The molecule has 1 N–H and O–H groups in total. The van der Waals surface area contributed by atoms with E-state index in [-0.39, 0.29) is 12.2 Å². The summed E-state index contributed by atoms with van der Waals surface area (Å²) in [5.41, 5.74) is 3.24. The van der Waals surface area contributed by atoms with Crippen LogP contribution in [0.5, 0.6) is 0 Å². The number of nitrogens with zero attached hydrogens (tertiary/aromatic N) is 2. The Morgan fingerprint density at radius 3 is 2.45 bits per heavy atom. The molecule has 4 heteroatoms. The van der Waals surface area contributed by atoms with Crippen LogP contribution in [0.2, 0.25) is 0 Å². The maximum absolute atomic E-state index is 11.9. The lowest BCUT2D eigenvalue weighted by atomic mass is 10.1. The van der Waals surface area contributed by atoms with E-state index in [1.54, 1.807) is 6.92 Å². The first-order chi connectivity index (χ1) is 9.51. The molecule has 1 aromatic heterocycles. The highest BCUT2D eigenvalue weighted by Crippen LogP contribution is 2.16. The number of rotatable bonds is 4. The standard InChI is InChI=1S/C16H20N2O2/c1-4-13-5-7-14(8-6-13)15(19)10-18-12(3)9-11(2)17-16(18)20/h5-9,15,19H,4,10H2,1-3H3. The Balaban J connectivity index is 2.23. The van der Waals surface area contributed by atoms with E-state index in [1.165, 1.54) is 10.1 Å². The Morgan fingerprint density at radius 1 is 1.25 bits per heavy atom. The third-order valence-corrected chi connectivity index (χ3v) is 3.47. The molecule has 2 rings (SSSR count). The molecule has 0 saturated carbocycles. The molecule has 0 spiro atoms. The quantitative estimate of drug-likeness (QED) is 0.928. The van der Waals surface area contributed by atoms with Gasteiger partial charge in [0.1, 0.15) is 0 Å². The van der Waals surface area contributed by atoms with Crippen molar-refractivity contribution in [2.75, 3.05) is 0 Å². The number of aliphatic hydroxyl groups excluding tert-OH is 1. The number of aliphatic hydroxyl groups is 1. The zero-order valence-corrected chi connectivity index (χ0v) is 12.1. The molecule has 1 heterocycles. The van der Waals surface area contributed by atoms with Crippen molar-refractivity contribution in [3.63, 3.8) is 0 Å². The number of hydrogen-bond donors (Lipinski definition) is 1. The lowest BCUT2D eigenvalue weighted by molar-refractivity contribution is 0.153. The highest BCUT2D eigenvalue weighted by atomic mass is 16.3. The lowest BCUT2D eigenvalue weighted by Crippen LogP contribution is -2.28. The van der Waals surface area contributed by atoms with Crippen LogP contribution >= 0.6 is 0 Å². The molecule has 1 unspecified atom stereocenters. The van der Waals surface area contributed by atoms with E-state index in [2.05, 4.69) is 11.9 Å². The molecule has 0 amide bonds. The zero-order valence-electron chi connectivity index (χ0n) is 12.1. The molecule has 20 heavy (non-hydrogen) atoms. The maximum Gasteiger partial charge on any atom is 0.348 e. The Kier molecular flexibility index (Phi) is 4.35. The maximum atomic E-state index is 11.9. The molecule has 0 aliphatic carbocycles. The molecular formula is C16H20N2O2.